The summed E-state index contributed by atoms with van der Waals surface area (Å²) in [4.78, 5) is 13.3. The van der Waals surface area contributed by atoms with E-state index in [-0.39, 0.29) is 0 Å². The van der Waals surface area contributed by atoms with Crippen LogP contribution in [0.5, 0.6) is 0 Å². The van der Waals surface area contributed by atoms with Crippen molar-refractivity contribution in [1.82, 2.24) is 0 Å². The second-order valence-corrected chi connectivity index (χ2v) is 1.54. The van der Waals surface area contributed by atoms with Gasteiger partial charge in [-0.1, -0.05) is 6.58 Å². The van der Waals surface area contributed by atoms with Crippen LogP contribution in [0.3, 0.4) is 0 Å². The van der Waals surface area contributed by atoms with E-state index >= 15 is 0 Å². The molecule has 0 aliphatic carbocycles. The lowest BCUT2D eigenvalue weighted by Crippen LogP contribution is -2.22. The molecule has 50 valence electrons. The van der Waals surface area contributed by atoms with Gasteiger partial charge < -0.3 is 10.8 Å². The first-order chi connectivity index (χ1) is 4.04. The first-order valence-corrected chi connectivity index (χ1v) is 2.27. The van der Waals surface area contributed by atoms with Crippen LogP contribution < -0.4 is 5.73 Å². The Morgan fingerprint density at radius 1 is 1.78 bits per heavy atom. The highest BCUT2D eigenvalue weighted by Gasteiger charge is 2.00. The third-order valence-corrected chi connectivity index (χ3v) is 0.530. The lowest BCUT2D eigenvalue weighted by Gasteiger charge is -1.89. The predicted octanol–water partition coefficient (Wildman–Crippen LogP) is -0.0382. The number of allylic oxidation sites excluding steroid dienone is 1. The molecule has 0 saturated carbocycles. The third-order valence-electron chi connectivity index (χ3n) is 0.530. The van der Waals surface area contributed by atoms with E-state index in [9.17, 15) is 4.79 Å². The summed E-state index contributed by atoms with van der Waals surface area (Å²) in [6.45, 7) is 4.91. The number of carboxylic acid groups (broad SMARTS) is 1. The minimum atomic E-state index is -1.22. The number of nitrogens with zero attached hydrogens (tertiary/aromatic N) is 1. The average Bonchev–Trinajstić information content (AvgIpc) is 1.63. The standard InChI is InChI=1S/C5H8N2O2/c1-3(2)7-4(6)5(8)9/h1H2,2H3,(H2,6,7)(H,8,9). The normalized spacial score (nSPS) is 11.0. The van der Waals surface area contributed by atoms with Gasteiger partial charge in [-0.15, -0.1) is 0 Å². The number of rotatable bonds is 1. The zero-order valence-corrected chi connectivity index (χ0v) is 5.09. The number of hydrogen-bond donors (Lipinski definition) is 2. The van der Waals surface area contributed by atoms with Crippen molar-refractivity contribution >= 4 is 11.8 Å². The summed E-state index contributed by atoms with van der Waals surface area (Å²) in [6, 6.07) is 0. The van der Waals surface area contributed by atoms with Crippen molar-refractivity contribution in [2.24, 2.45) is 10.7 Å². The average molecular weight is 128 g/mol. The minimum Gasteiger partial charge on any atom is -0.475 e. The Kier molecular flexibility index (Phi) is 2.44. The van der Waals surface area contributed by atoms with Crippen molar-refractivity contribution < 1.29 is 9.90 Å². The molecule has 0 bridgehead atoms. The molecule has 0 aromatic heterocycles. The van der Waals surface area contributed by atoms with Crippen molar-refractivity contribution in [1.29, 1.82) is 0 Å². The molecule has 0 amide bonds. The topological polar surface area (TPSA) is 75.7 Å². The monoisotopic (exact) mass is 128 g/mol. The lowest BCUT2D eigenvalue weighted by atomic mass is 10.5. The Balaban J connectivity index is 4.17. The molecule has 0 rings (SSSR count). The molecule has 0 unspecified atom stereocenters. The molecular weight excluding hydrogens is 120 g/mol. The summed E-state index contributed by atoms with van der Waals surface area (Å²) in [5, 5.41) is 8.13. The van der Waals surface area contributed by atoms with Gasteiger partial charge in [0.05, 0.1) is 0 Å². The molecule has 0 radical (unpaired) electrons. The maximum absolute atomic E-state index is 9.94. The minimum absolute atomic E-state index is 0.384. The zero-order chi connectivity index (χ0) is 7.44. The number of carbonyl (C=O) groups is 1. The van der Waals surface area contributed by atoms with Crippen molar-refractivity contribution in [3.05, 3.63) is 12.3 Å². The number of aliphatic carboxylic acids is 1. The number of hydrogen-bond acceptors (Lipinski definition) is 2. The summed E-state index contributed by atoms with van der Waals surface area (Å²) < 4.78 is 0. The Labute approximate surface area is 52.7 Å². The Hall–Kier alpha value is -1.32. The van der Waals surface area contributed by atoms with Gasteiger partial charge in [0.15, 0.2) is 0 Å². The Morgan fingerprint density at radius 2 is 2.22 bits per heavy atom. The molecule has 3 N–H and O–H groups in total. The lowest BCUT2D eigenvalue weighted by molar-refractivity contribution is -0.129. The van der Waals surface area contributed by atoms with Crippen LogP contribution in [0.4, 0.5) is 0 Å². The van der Waals surface area contributed by atoms with Crippen molar-refractivity contribution in [3.63, 3.8) is 0 Å². The van der Waals surface area contributed by atoms with Crippen molar-refractivity contribution in [2.45, 2.75) is 6.92 Å². The molecule has 0 saturated heterocycles. The fourth-order valence-electron chi connectivity index (χ4n) is 0.253. The first kappa shape index (κ1) is 7.68. The Morgan fingerprint density at radius 3 is 2.33 bits per heavy atom. The van der Waals surface area contributed by atoms with Gasteiger partial charge in [0.2, 0.25) is 5.84 Å². The van der Waals surface area contributed by atoms with Gasteiger partial charge in [0, 0.05) is 5.70 Å². The van der Waals surface area contributed by atoms with E-state index in [0.29, 0.717) is 5.70 Å². The van der Waals surface area contributed by atoms with E-state index in [4.69, 9.17) is 10.8 Å². The van der Waals surface area contributed by atoms with E-state index in [1.807, 2.05) is 0 Å². The van der Waals surface area contributed by atoms with Crippen molar-refractivity contribution in [2.75, 3.05) is 0 Å². The van der Waals surface area contributed by atoms with Crippen LogP contribution in [0.2, 0.25) is 0 Å². The molecule has 0 spiro atoms. The van der Waals surface area contributed by atoms with Crippen LogP contribution in [0.1, 0.15) is 6.92 Å². The fraction of sp³-hybridized carbons (Fsp3) is 0.200. The molecule has 0 aromatic rings. The van der Waals surface area contributed by atoms with Crippen LogP contribution in [0.15, 0.2) is 17.3 Å². The van der Waals surface area contributed by atoms with Crippen LogP contribution in [-0.2, 0) is 4.79 Å². The summed E-state index contributed by atoms with van der Waals surface area (Å²) in [5.41, 5.74) is 5.29. The fourth-order valence-corrected chi connectivity index (χ4v) is 0.253. The molecule has 0 fully saturated rings. The van der Waals surface area contributed by atoms with E-state index in [1.165, 1.54) is 0 Å². The van der Waals surface area contributed by atoms with Crippen LogP contribution in [-0.4, -0.2) is 16.9 Å². The smallest absolute Gasteiger partial charge is 0.371 e. The molecule has 0 atom stereocenters. The van der Waals surface area contributed by atoms with Gasteiger partial charge in [-0.25, -0.2) is 9.79 Å². The SMILES string of the molecule is C=C(C)N=C(N)C(=O)O. The molecule has 0 heterocycles. The van der Waals surface area contributed by atoms with Gasteiger partial charge in [-0.2, -0.15) is 0 Å². The summed E-state index contributed by atoms with van der Waals surface area (Å²) >= 11 is 0. The van der Waals surface area contributed by atoms with E-state index in [0.717, 1.165) is 0 Å². The molecule has 9 heavy (non-hydrogen) atoms. The van der Waals surface area contributed by atoms with Crippen LogP contribution in [0, 0.1) is 0 Å². The van der Waals surface area contributed by atoms with Gasteiger partial charge in [-0.3, -0.25) is 0 Å². The molecule has 0 aliphatic rings. The first-order valence-electron chi connectivity index (χ1n) is 2.27. The van der Waals surface area contributed by atoms with Gasteiger partial charge in [0.1, 0.15) is 0 Å². The van der Waals surface area contributed by atoms with E-state index < -0.39 is 11.8 Å². The maximum Gasteiger partial charge on any atom is 0.371 e. The molecule has 4 nitrogen and oxygen atoms in total. The Bertz CT molecular complexity index is 172. The van der Waals surface area contributed by atoms with E-state index in [1.54, 1.807) is 6.92 Å². The van der Waals surface area contributed by atoms with Gasteiger partial charge in [0.25, 0.3) is 0 Å². The number of amidine groups is 1. The van der Waals surface area contributed by atoms with Gasteiger partial charge >= 0.3 is 5.97 Å². The molecule has 4 heteroatoms. The second kappa shape index (κ2) is 2.86. The second-order valence-electron chi connectivity index (χ2n) is 1.54. The zero-order valence-electron chi connectivity index (χ0n) is 5.09. The quantitative estimate of drug-likeness (QED) is 0.384. The number of nitrogens with two attached hydrogens (primary N) is 1. The predicted molar refractivity (Wildman–Crippen MR) is 34.1 cm³/mol. The molecule has 0 aromatic carbocycles. The highest BCUT2D eigenvalue weighted by molar-refractivity contribution is 6.33. The largest absolute Gasteiger partial charge is 0.475 e. The van der Waals surface area contributed by atoms with E-state index in [2.05, 4.69) is 11.6 Å². The molecule has 0 aliphatic heterocycles. The molecular formula is C5H8N2O2. The summed E-state index contributed by atoms with van der Waals surface area (Å²) in [7, 11) is 0. The highest BCUT2D eigenvalue weighted by atomic mass is 16.4. The highest BCUT2D eigenvalue weighted by Crippen LogP contribution is 1.86. The van der Waals surface area contributed by atoms with Crippen LogP contribution in [0.25, 0.3) is 0 Å². The maximum atomic E-state index is 9.94. The number of aliphatic imine (C=N–C) groups is 1. The van der Waals surface area contributed by atoms with Crippen molar-refractivity contribution in [3.8, 4) is 0 Å². The van der Waals surface area contributed by atoms with Crippen LogP contribution >= 0.6 is 0 Å². The number of carboxylic acids is 1. The van der Waals surface area contributed by atoms with Gasteiger partial charge in [-0.05, 0) is 6.92 Å². The summed E-state index contributed by atoms with van der Waals surface area (Å²) in [5.74, 6) is -1.65. The third kappa shape index (κ3) is 3.28. The summed E-state index contributed by atoms with van der Waals surface area (Å²) in [6.07, 6.45) is 0.